The predicted molar refractivity (Wildman–Crippen MR) is 73.3 cm³/mol. The van der Waals surface area contributed by atoms with E-state index in [1.165, 1.54) is 11.6 Å². The molecule has 0 saturated carbocycles. The third kappa shape index (κ3) is 2.55. The minimum absolute atomic E-state index is 0.354. The van der Waals surface area contributed by atoms with E-state index in [0.29, 0.717) is 10.6 Å². The molecule has 0 aliphatic rings. The molecule has 18 heavy (non-hydrogen) atoms. The standard InChI is InChI=1S/C15H15ClFN/c1-2-10-5-3-6-11(9-10)15(18)14-12(16)7-4-8-13(14)17/h3-9,15H,2,18H2,1H3. The van der Waals surface area contributed by atoms with Gasteiger partial charge in [-0.25, -0.2) is 4.39 Å². The molecule has 0 fully saturated rings. The first-order chi connectivity index (χ1) is 8.63. The summed E-state index contributed by atoms with van der Waals surface area (Å²) in [5.41, 5.74) is 8.52. The van der Waals surface area contributed by atoms with Crippen LogP contribution in [0.15, 0.2) is 42.5 Å². The molecule has 1 nitrogen and oxygen atoms in total. The minimum Gasteiger partial charge on any atom is -0.320 e. The second-order valence-electron chi connectivity index (χ2n) is 4.21. The van der Waals surface area contributed by atoms with Gasteiger partial charge in [-0.2, -0.15) is 0 Å². The van der Waals surface area contributed by atoms with Gasteiger partial charge >= 0.3 is 0 Å². The molecule has 0 aromatic heterocycles. The molecule has 0 amide bonds. The average Bonchev–Trinajstić information content (AvgIpc) is 2.38. The van der Waals surface area contributed by atoms with Gasteiger partial charge in [-0.1, -0.05) is 48.9 Å². The van der Waals surface area contributed by atoms with Crippen LogP contribution in [0.4, 0.5) is 4.39 Å². The fraction of sp³-hybridized carbons (Fsp3) is 0.200. The summed E-state index contributed by atoms with van der Waals surface area (Å²) in [6.07, 6.45) is 0.922. The first-order valence-corrected chi connectivity index (χ1v) is 6.29. The van der Waals surface area contributed by atoms with Gasteiger partial charge in [0, 0.05) is 10.6 Å². The SMILES string of the molecule is CCc1cccc(C(N)c2c(F)cccc2Cl)c1. The zero-order valence-corrected chi connectivity index (χ0v) is 10.9. The van der Waals surface area contributed by atoms with Crippen molar-refractivity contribution in [2.24, 2.45) is 5.73 Å². The molecule has 0 radical (unpaired) electrons. The van der Waals surface area contributed by atoms with Crippen molar-refractivity contribution in [2.45, 2.75) is 19.4 Å². The average molecular weight is 264 g/mol. The third-order valence-electron chi connectivity index (χ3n) is 3.03. The van der Waals surface area contributed by atoms with Crippen molar-refractivity contribution < 1.29 is 4.39 Å². The molecule has 2 aromatic carbocycles. The Morgan fingerprint density at radius 2 is 1.94 bits per heavy atom. The van der Waals surface area contributed by atoms with Crippen molar-refractivity contribution in [3.63, 3.8) is 0 Å². The molecule has 0 bridgehead atoms. The van der Waals surface area contributed by atoms with Crippen LogP contribution in [0.1, 0.15) is 29.7 Å². The smallest absolute Gasteiger partial charge is 0.129 e. The number of rotatable bonds is 3. The summed E-state index contributed by atoms with van der Waals surface area (Å²) in [6, 6.07) is 11.9. The lowest BCUT2D eigenvalue weighted by Crippen LogP contribution is -2.14. The van der Waals surface area contributed by atoms with Crippen LogP contribution in [-0.4, -0.2) is 0 Å². The number of nitrogens with two attached hydrogens (primary N) is 1. The van der Waals surface area contributed by atoms with E-state index in [2.05, 4.69) is 6.92 Å². The summed E-state index contributed by atoms with van der Waals surface area (Å²) < 4.78 is 13.8. The highest BCUT2D eigenvalue weighted by Gasteiger charge is 2.17. The van der Waals surface area contributed by atoms with Crippen molar-refractivity contribution in [3.05, 3.63) is 70.0 Å². The Labute approximate surface area is 111 Å². The Hall–Kier alpha value is -1.38. The van der Waals surface area contributed by atoms with E-state index in [-0.39, 0.29) is 5.82 Å². The number of halogens is 2. The minimum atomic E-state index is -0.537. The normalized spacial score (nSPS) is 12.4. The fourth-order valence-corrected chi connectivity index (χ4v) is 2.26. The molecule has 2 N–H and O–H groups in total. The molecule has 2 aromatic rings. The Bertz CT molecular complexity index is 534. The van der Waals surface area contributed by atoms with E-state index in [0.717, 1.165) is 12.0 Å². The molecule has 0 spiro atoms. The zero-order valence-electron chi connectivity index (χ0n) is 10.2. The summed E-state index contributed by atoms with van der Waals surface area (Å²) in [6.45, 7) is 2.07. The van der Waals surface area contributed by atoms with Crippen LogP contribution in [0.3, 0.4) is 0 Å². The molecular formula is C15H15ClFN. The van der Waals surface area contributed by atoms with Crippen LogP contribution in [0.25, 0.3) is 0 Å². The molecule has 0 heterocycles. The number of hydrogen-bond acceptors (Lipinski definition) is 1. The molecule has 94 valence electrons. The van der Waals surface area contributed by atoms with Gasteiger partial charge in [0.25, 0.3) is 0 Å². The summed E-state index contributed by atoms with van der Waals surface area (Å²) in [5.74, 6) is -0.364. The number of hydrogen-bond donors (Lipinski definition) is 1. The van der Waals surface area contributed by atoms with Gasteiger partial charge in [0.2, 0.25) is 0 Å². The maximum absolute atomic E-state index is 13.8. The second-order valence-corrected chi connectivity index (χ2v) is 4.62. The topological polar surface area (TPSA) is 26.0 Å². The lowest BCUT2D eigenvalue weighted by atomic mass is 9.97. The molecule has 1 atom stereocenters. The predicted octanol–water partition coefficient (Wildman–Crippen LogP) is 4.09. The summed E-state index contributed by atoms with van der Waals surface area (Å²) in [5, 5.41) is 0.365. The Kier molecular flexibility index (Phi) is 4.00. The van der Waals surface area contributed by atoms with E-state index in [9.17, 15) is 4.39 Å². The Morgan fingerprint density at radius 3 is 2.61 bits per heavy atom. The van der Waals surface area contributed by atoms with Gasteiger partial charge in [-0.05, 0) is 29.7 Å². The molecule has 0 saturated heterocycles. The van der Waals surface area contributed by atoms with Crippen LogP contribution in [0.5, 0.6) is 0 Å². The highest BCUT2D eigenvalue weighted by Crippen LogP contribution is 2.29. The van der Waals surface area contributed by atoms with Gasteiger partial charge in [-0.3, -0.25) is 0 Å². The van der Waals surface area contributed by atoms with E-state index in [1.54, 1.807) is 12.1 Å². The van der Waals surface area contributed by atoms with Gasteiger partial charge in [0.15, 0.2) is 0 Å². The van der Waals surface area contributed by atoms with E-state index < -0.39 is 6.04 Å². The van der Waals surface area contributed by atoms with E-state index in [1.807, 2.05) is 24.3 Å². The van der Waals surface area contributed by atoms with E-state index >= 15 is 0 Å². The summed E-state index contributed by atoms with van der Waals surface area (Å²) >= 11 is 6.03. The van der Waals surface area contributed by atoms with Crippen LogP contribution in [0.2, 0.25) is 5.02 Å². The Morgan fingerprint density at radius 1 is 1.22 bits per heavy atom. The van der Waals surface area contributed by atoms with Gasteiger partial charge in [0.05, 0.1) is 6.04 Å². The quantitative estimate of drug-likeness (QED) is 0.887. The second kappa shape index (κ2) is 5.51. The lowest BCUT2D eigenvalue weighted by Gasteiger charge is -2.15. The molecule has 0 aliphatic heterocycles. The summed E-state index contributed by atoms with van der Waals surface area (Å²) in [4.78, 5) is 0. The van der Waals surface area contributed by atoms with Crippen molar-refractivity contribution in [2.75, 3.05) is 0 Å². The van der Waals surface area contributed by atoms with Crippen molar-refractivity contribution in [1.29, 1.82) is 0 Å². The van der Waals surface area contributed by atoms with Crippen LogP contribution in [0, 0.1) is 5.82 Å². The maximum Gasteiger partial charge on any atom is 0.129 e. The monoisotopic (exact) mass is 263 g/mol. The third-order valence-corrected chi connectivity index (χ3v) is 3.36. The van der Waals surface area contributed by atoms with Gasteiger partial charge in [0.1, 0.15) is 5.82 Å². The largest absolute Gasteiger partial charge is 0.320 e. The van der Waals surface area contributed by atoms with Crippen LogP contribution >= 0.6 is 11.6 Å². The Balaban J connectivity index is 2.44. The first-order valence-electron chi connectivity index (χ1n) is 5.91. The fourth-order valence-electron chi connectivity index (χ4n) is 1.98. The number of benzene rings is 2. The molecular weight excluding hydrogens is 249 g/mol. The molecule has 0 aliphatic carbocycles. The first kappa shape index (κ1) is 13.1. The van der Waals surface area contributed by atoms with Crippen LogP contribution < -0.4 is 5.73 Å². The van der Waals surface area contributed by atoms with E-state index in [4.69, 9.17) is 17.3 Å². The van der Waals surface area contributed by atoms with Gasteiger partial charge in [-0.15, -0.1) is 0 Å². The highest BCUT2D eigenvalue weighted by atomic mass is 35.5. The molecule has 3 heteroatoms. The lowest BCUT2D eigenvalue weighted by molar-refractivity contribution is 0.600. The maximum atomic E-state index is 13.8. The highest BCUT2D eigenvalue weighted by molar-refractivity contribution is 6.31. The molecule has 2 rings (SSSR count). The van der Waals surface area contributed by atoms with Crippen molar-refractivity contribution in [1.82, 2.24) is 0 Å². The van der Waals surface area contributed by atoms with Crippen molar-refractivity contribution in [3.8, 4) is 0 Å². The summed E-state index contributed by atoms with van der Waals surface area (Å²) in [7, 11) is 0. The van der Waals surface area contributed by atoms with Crippen LogP contribution in [-0.2, 0) is 6.42 Å². The zero-order chi connectivity index (χ0) is 13.1. The van der Waals surface area contributed by atoms with Crippen molar-refractivity contribution >= 4 is 11.6 Å². The number of aryl methyl sites for hydroxylation is 1. The van der Waals surface area contributed by atoms with Gasteiger partial charge < -0.3 is 5.73 Å². The molecule has 1 unspecified atom stereocenters.